The third kappa shape index (κ3) is 10.0. The summed E-state index contributed by atoms with van der Waals surface area (Å²) in [6, 6.07) is 18.8. The summed E-state index contributed by atoms with van der Waals surface area (Å²) in [4.78, 5) is 28.5. The van der Waals surface area contributed by atoms with Gasteiger partial charge in [0.15, 0.2) is 6.29 Å². The predicted octanol–water partition coefficient (Wildman–Crippen LogP) is 6.32. The summed E-state index contributed by atoms with van der Waals surface area (Å²) in [5.41, 5.74) is 1.88. The molecule has 9 heteroatoms. The topological polar surface area (TPSA) is 107 Å². The van der Waals surface area contributed by atoms with Crippen molar-refractivity contribution in [2.75, 3.05) is 26.3 Å². The highest BCUT2D eigenvalue weighted by molar-refractivity contribution is 5.69. The van der Waals surface area contributed by atoms with Crippen LogP contribution in [0.5, 0.6) is 0 Å². The largest absolute Gasteiger partial charge is 0.443 e. The Bertz CT molecular complexity index is 1210. The molecule has 45 heavy (non-hydrogen) atoms. The zero-order valence-corrected chi connectivity index (χ0v) is 26.1. The molecular weight excluding hydrogens is 572 g/mol. The lowest BCUT2D eigenvalue weighted by atomic mass is 10.0. The van der Waals surface area contributed by atoms with Crippen molar-refractivity contribution in [1.29, 1.82) is 0 Å². The van der Waals surface area contributed by atoms with Crippen LogP contribution in [0.25, 0.3) is 0 Å². The van der Waals surface area contributed by atoms with Gasteiger partial charge in [-0.3, -0.25) is 0 Å². The van der Waals surface area contributed by atoms with E-state index in [1.54, 1.807) is 4.90 Å². The predicted molar refractivity (Wildman–Crippen MR) is 170 cm³/mol. The van der Waals surface area contributed by atoms with Gasteiger partial charge in [-0.2, -0.15) is 0 Å². The Morgan fingerprint density at radius 3 is 2.49 bits per heavy atom. The fourth-order valence-corrected chi connectivity index (χ4v) is 6.36. The number of nitrogens with zero attached hydrogens (tertiary/aromatic N) is 1. The van der Waals surface area contributed by atoms with Gasteiger partial charge in [0, 0.05) is 13.0 Å². The smallest absolute Gasteiger partial charge is 0.410 e. The third-order valence-corrected chi connectivity index (χ3v) is 8.96. The lowest BCUT2D eigenvalue weighted by Gasteiger charge is -2.31. The second-order valence-electron chi connectivity index (χ2n) is 12.3. The molecule has 0 saturated carbocycles. The molecule has 0 spiro atoms. The van der Waals surface area contributed by atoms with Gasteiger partial charge in [-0.15, -0.1) is 0 Å². The molecule has 0 aromatic heterocycles. The van der Waals surface area contributed by atoms with E-state index in [0.717, 1.165) is 49.7 Å². The standard InChI is InChI=1S/C36H48N2O7/c39-31(30(24-27-16-10-8-11-17-27)37-35(40)44-33-26-43-34-29(33)21-23-42-34)25-38-22-15-7-5-3-1-2-4-6-14-20-32(45-36(38)41)28-18-12-9-13-19-28/h6,8-14,16-19,29-34,39H,1-5,7,15,20-26H2,(H,37,40)/b14-6+/t29-,30-,31+,32?,33-,34+/m0/s1. The van der Waals surface area contributed by atoms with Crippen LogP contribution < -0.4 is 5.32 Å². The van der Waals surface area contributed by atoms with Crippen molar-refractivity contribution in [2.45, 2.75) is 94.9 Å². The van der Waals surface area contributed by atoms with Crippen molar-refractivity contribution in [2.24, 2.45) is 5.92 Å². The summed E-state index contributed by atoms with van der Waals surface area (Å²) < 4.78 is 23.1. The molecule has 1 unspecified atom stereocenters. The van der Waals surface area contributed by atoms with Crippen LogP contribution in [0.15, 0.2) is 72.8 Å². The van der Waals surface area contributed by atoms with Crippen LogP contribution in [-0.4, -0.2) is 73.0 Å². The second-order valence-corrected chi connectivity index (χ2v) is 12.3. The van der Waals surface area contributed by atoms with E-state index in [1.165, 1.54) is 12.8 Å². The Hall–Kier alpha value is -3.40. The lowest BCUT2D eigenvalue weighted by molar-refractivity contribution is -0.0907. The second kappa shape index (κ2) is 17.3. The van der Waals surface area contributed by atoms with E-state index >= 15 is 0 Å². The Labute approximate surface area is 266 Å². The molecule has 2 aromatic carbocycles. The Morgan fingerprint density at radius 2 is 1.69 bits per heavy atom. The van der Waals surface area contributed by atoms with Crippen molar-refractivity contribution in [1.82, 2.24) is 10.2 Å². The molecule has 9 nitrogen and oxygen atoms in total. The number of carbonyl (C=O) groups is 2. The van der Waals surface area contributed by atoms with Gasteiger partial charge in [0.2, 0.25) is 0 Å². The van der Waals surface area contributed by atoms with Crippen LogP contribution in [0.3, 0.4) is 0 Å². The maximum Gasteiger partial charge on any atom is 0.410 e. The van der Waals surface area contributed by atoms with Crippen molar-refractivity contribution < 1.29 is 33.6 Å². The van der Waals surface area contributed by atoms with E-state index < -0.39 is 36.5 Å². The normalized spacial score (nSPS) is 26.9. The highest BCUT2D eigenvalue weighted by Gasteiger charge is 2.44. The number of hydrogen-bond donors (Lipinski definition) is 2. The van der Waals surface area contributed by atoms with Crippen LogP contribution in [-0.2, 0) is 25.4 Å². The molecule has 2 N–H and O–H groups in total. The number of hydrogen-bond acceptors (Lipinski definition) is 7. The number of fused-ring (bicyclic) bond motifs is 1. The van der Waals surface area contributed by atoms with E-state index in [-0.39, 0.29) is 25.4 Å². The van der Waals surface area contributed by atoms with Crippen LogP contribution in [0, 0.1) is 5.92 Å². The molecule has 2 saturated heterocycles. The first-order chi connectivity index (χ1) is 22.1. The van der Waals surface area contributed by atoms with E-state index in [4.69, 9.17) is 18.9 Å². The first kappa shape index (κ1) is 33.0. The van der Waals surface area contributed by atoms with Gasteiger partial charge in [0.25, 0.3) is 0 Å². The Kier molecular flexibility index (Phi) is 12.7. The van der Waals surface area contributed by atoms with Crippen molar-refractivity contribution in [3.05, 3.63) is 83.9 Å². The number of amides is 2. The van der Waals surface area contributed by atoms with Crippen molar-refractivity contribution in [3.63, 3.8) is 0 Å². The van der Waals surface area contributed by atoms with Crippen molar-refractivity contribution >= 4 is 12.2 Å². The molecule has 3 heterocycles. The molecular formula is C36H48N2O7. The maximum absolute atomic E-state index is 13.7. The summed E-state index contributed by atoms with van der Waals surface area (Å²) in [6.45, 7) is 1.34. The lowest BCUT2D eigenvalue weighted by Crippen LogP contribution is -2.51. The highest BCUT2D eigenvalue weighted by Crippen LogP contribution is 2.33. The molecule has 2 fully saturated rings. The van der Waals surface area contributed by atoms with Gasteiger partial charge in [0.1, 0.15) is 12.2 Å². The number of nitrogens with one attached hydrogen (secondary N) is 1. The quantitative estimate of drug-likeness (QED) is 0.333. The maximum atomic E-state index is 13.7. The zero-order valence-electron chi connectivity index (χ0n) is 26.1. The summed E-state index contributed by atoms with van der Waals surface area (Å²) in [5.74, 6) is 0.00977. The first-order valence-electron chi connectivity index (χ1n) is 16.6. The summed E-state index contributed by atoms with van der Waals surface area (Å²) in [7, 11) is 0. The molecule has 2 amide bonds. The van der Waals surface area contributed by atoms with Gasteiger partial charge < -0.3 is 34.3 Å². The molecule has 3 aliphatic heterocycles. The number of carbonyl (C=O) groups excluding carboxylic acids is 2. The number of benzene rings is 2. The average Bonchev–Trinajstić information content (AvgIpc) is 3.67. The number of allylic oxidation sites excluding steroid dienone is 1. The van der Waals surface area contributed by atoms with E-state index in [2.05, 4.69) is 17.5 Å². The first-order valence-corrected chi connectivity index (χ1v) is 16.6. The fraction of sp³-hybridized carbons (Fsp3) is 0.556. The number of β-amino-alcohol motifs (C(OH)–C–C–N with tert-alkyl or cyclic N) is 1. The van der Waals surface area contributed by atoms with E-state index in [0.29, 0.717) is 26.0 Å². The summed E-state index contributed by atoms with van der Waals surface area (Å²) in [5, 5.41) is 14.5. The van der Waals surface area contributed by atoms with Crippen LogP contribution in [0.2, 0.25) is 0 Å². The summed E-state index contributed by atoms with van der Waals surface area (Å²) >= 11 is 0. The monoisotopic (exact) mass is 620 g/mol. The molecule has 3 aliphatic rings. The number of alkyl carbamates (subject to hydrolysis) is 1. The average molecular weight is 621 g/mol. The Morgan fingerprint density at radius 1 is 0.956 bits per heavy atom. The molecule has 5 rings (SSSR count). The minimum Gasteiger partial charge on any atom is -0.443 e. The van der Waals surface area contributed by atoms with Gasteiger partial charge in [-0.1, -0.05) is 98.5 Å². The van der Waals surface area contributed by atoms with Crippen LogP contribution >= 0.6 is 0 Å². The molecule has 0 bridgehead atoms. The molecule has 0 aliphatic carbocycles. The number of aliphatic hydroxyl groups is 1. The van der Waals surface area contributed by atoms with Crippen LogP contribution in [0.1, 0.15) is 75.0 Å². The van der Waals surface area contributed by atoms with Crippen LogP contribution in [0.4, 0.5) is 9.59 Å². The number of ether oxygens (including phenoxy) is 4. The minimum absolute atomic E-state index is 0.00977. The molecule has 6 atom stereocenters. The SMILES string of the molecule is O=C(N[C@@H](Cc1ccccc1)[C@H](O)CN1CCCCCCCC/C=C/CC(c2ccccc2)OC1=O)O[C@H]1CO[C@H]2OCC[C@H]21. The van der Waals surface area contributed by atoms with Gasteiger partial charge >= 0.3 is 12.2 Å². The Balaban J connectivity index is 1.29. The van der Waals surface area contributed by atoms with Gasteiger partial charge in [-0.05, 0) is 43.2 Å². The number of aliphatic hydroxyl groups excluding tert-OH is 1. The molecule has 244 valence electrons. The van der Waals surface area contributed by atoms with Crippen molar-refractivity contribution in [3.8, 4) is 0 Å². The van der Waals surface area contributed by atoms with Gasteiger partial charge in [0.05, 0.1) is 37.8 Å². The molecule has 2 aromatic rings. The van der Waals surface area contributed by atoms with E-state index in [9.17, 15) is 14.7 Å². The number of cyclic esters (lactones) is 1. The molecule has 0 radical (unpaired) electrons. The zero-order chi connectivity index (χ0) is 31.3. The number of rotatable bonds is 8. The summed E-state index contributed by atoms with van der Waals surface area (Å²) in [6.07, 6.45) is 10.1. The minimum atomic E-state index is -1.06. The van der Waals surface area contributed by atoms with E-state index in [1.807, 2.05) is 60.7 Å². The fourth-order valence-electron chi connectivity index (χ4n) is 6.36. The van der Waals surface area contributed by atoms with Gasteiger partial charge in [-0.25, -0.2) is 9.59 Å². The highest BCUT2D eigenvalue weighted by atomic mass is 16.7. The third-order valence-electron chi connectivity index (χ3n) is 8.96.